The highest BCUT2D eigenvalue weighted by atomic mass is 19.1. The van der Waals surface area contributed by atoms with E-state index in [1.54, 1.807) is 19.9 Å². The number of aromatic nitrogens is 1. The van der Waals surface area contributed by atoms with E-state index in [2.05, 4.69) is 4.98 Å². The molecule has 3 rings (SSSR count). The van der Waals surface area contributed by atoms with Crippen molar-refractivity contribution < 1.29 is 33.5 Å². The van der Waals surface area contributed by atoms with Crippen molar-refractivity contribution in [3.63, 3.8) is 0 Å². The van der Waals surface area contributed by atoms with Crippen LogP contribution in [0.5, 0.6) is 0 Å². The van der Waals surface area contributed by atoms with Crippen molar-refractivity contribution >= 4 is 23.4 Å². The lowest BCUT2D eigenvalue weighted by Crippen LogP contribution is -3.05. The molecule has 0 aliphatic carbocycles. The number of esters is 1. The number of carbonyl (C=O) groups excluding carboxylic acids is 3. The molecule has 0 spiro atoms. The van der Waals surface area contributed by atoms with Gasteiger partial charge in [-0.15, -0.1) is 0 Å². The summed E-state index contributed by atoms with van der Waals surface area (Å²) in [5.74, 6) is -3.55. The Kier molecular flexibility index (Phi) is 7.02. The van der Waals surface area contributed by atoms with Crippen LogP contribution in [0.25, 0.3) is 5.76 Å². The highest BCUT2D eigenvalue weighted by Gasteiger charge is 2.44. The Labute approximate surface area is 191 Å². The number of amides is 1. The van der Waals surface area contributed by atoms with Gasteiger partial charge in [-0.25, -0.2) is 9.18 Å². The second-order valence-electron chi connectivity index (χ2n) is 8.46. The Morgan fingerprint density at radius 3 is 2.58 bits per heavy atom. The average molecular weight is 458 g/mol. The molecular formula is C24H28FN3O5. The first-order valence-electron chi connectivity index (χ1n) is 10.7. The SMILES string of the molecule is COC(=O)c1[nH]c(C)c(C([O-])=C2C(=O)C(=O)N(CCC[NH+](C)C)C2c2cccc(F)c2)c1C. The number of nitrogens with one attached hydrogen (secondary N) is 2. The molecule has 33 heavy (non-hydrogen) atoms. The minimum atomic E-state index is -1.01. The summed E-state index contributed by atoms with van der Waals surface area (Å²) < 4.78 is 18.8. The fourth-order valence-corrected chi connectivity index (χ4v) is 4.26. The Bertz CT molecular complexity index is 1140. The second kappa shape index (κ2) is 9.58. The third kappa shape index (κ3) is 4.54. The molecule has 9 heteroatoms. The number of carbonyl (C=O) groups is 3. The van der Waals surface area contributed by atoms with Crippen molar-refractivity contribution in [2.24, 2.45) is 0 Å². The number of aromatic amines is 1. The molecule has 2 heterocycles. The van der Waals surface area contributed by atoms with Crippen LogP contribution in [0.15, 0.2) is 29.8 Å². The Balaban J connectivity index is 2.18. The summed E-state index contributed by atoms with van der Waals surface area (Å²) in [6, 6.07) is 4.54. The highest BCUT2D eigenvalue weighted by molar-refractivity contribution is 6.46. The number of quaternary nitrogens is 1. The second-order valence-corrected chi connectivity index (χ2v) is 8.46. The zero-order valence-electron chi connectivity index (χ0n) is 19.4. The molecule has 1 unspecified atom stereocenters. The first-order chi connectivity index (χ1) is 15.6. The summed E-state index contributed by atoms with van der Waals surface area (Å²) in [5.41, 5.74) is 1.03. The van der Waals surface area contributed by atoms with Crippen LogP contribution in [0.2, 0.25) is 0 Å². The van der Waals surface area contributed by atoms with E-state index in [-0.39, 0.29) is 23.4 Å². The molecule has 2 aromatic rings. The van der Waals surface area contributed by atoms with Gasteiger partial charge in [0, 0.05) is 24.2 Å². The Hall–Kier alpha value is -3.46. The van der Waals surface area contributed by atoms with Gasteiger partial charge in [0.05, 0.1) is 33.8 Å². The summed E-state index contributed by atoms with van der Waals surface area (Å²) in [4.78, 5) is 43.4. The quantitative estimate of drug-likeness (QED) is 0.270. The van der Waals surface area contributed by atoms with Gasteiger partial charge in [0.15, 0.2) is 0 Å². The molecule has 176 valence electrons. The molecule has 1 aromatic carbocycles. The predicted octanol–water partition coefficient (Wildman–Crippen LogP) is 0.316. The number of halogens is 1. The van der Waals surface area contributed by atoms with E-state index in [4.69, 9.17) is 4.74 Å². The molecule has 1 aromatic heterocycles. The maximum absolute atomic E-state index is 14.1. The van der Waals surface area contributed by atoms with Crippen LogP contribution in [0.3, 0.4) is 0 Å². The Morgan fingerprint density at radius 1 is 1.27 bits per heavy atom. The molecule has 0 radical (unpaired) electrons. The molecule has 0 saturated carbocycles. The number of hydrogen-bond donors (Lipinski definition) is 2. The van der Waals surface area contributed by atoms with Crippen LogP contribution in [0.4, 0.5) is 4.39 Å². The van der Waals surface area contributed by atoms with Crippen LogP contribution in [-0.4, -0.2) is 61.8 Å². The van der Waals surface area contributed by atoms with Crippen molar-refractivity contribution in [2.45, 2.75) is 26.3 Å². The number of aryl methyl sites for hydroxylation is 1. The number of Topliss-reactive ketones (excluding diaryl/α,β-unsaturated/α-hetero) is 1. The van der Waals surface area contributed by atoms with E-state index in [1.807, 2.05) is 14.1 Å². The summed E-state index contributed by atoms with van der Waals surface area (Å²) in [6.45, 7) is 4.16. The number of benzene rings is 1. The first kappa shape index (κ1) is 24.2. The summed E-state index contributed by atoms with van der Waals surface area (Å²) in [7, 11) is 5.16. The summed E-state index contributed by atoms with van der Waals surface area (Å²) >= 11 is 0. The van der Waals surface area contributed by atoms with Gasteiger partial charge in [0.2, 0.25) is 5.78 Å². The maximum Gasteiger partial charge on any atom is 0.354 e. The lowest BCUT2D eigenvalue weighted by molar-refractivity contribution is -0.858. The molecule has 1 atom stereocenters. The average Bonchev–Trinajstić information content (AvgIpc) is 3.20. The van der Waals surface area contributed by atoms with Gasteiger partial charge in [-0.3, -0.25) is 9.59 Å². The number of ketones is 1. The van der Waals surface area contributed by atoms with Crippen molar-refractivity contribution in [3.8, 4) is 0 Å². The summed E-state index contributed by atoms with van der Waals surface area (Å²) in [6.07, 6.45) is 0.601. The van der Waals surface area contributed by atoms with Crippen LogP contribution in [-0.2, 0) is 14.3 Å². The summed E-state index contributed by atoms with van der Waals surface area (Å²) in [5, 5.41) is 13.7. The van der Waals surface area contributed by atoms with Gasteiger partial charge < -0.3 is 24.6 Å². The lowest BCUT2D eigenvalue weighted by atomic mass is 9.94. The normalized spacial score (nSPS) is 17.8. The van der Waals surface area contributed by atoms with Crippen LogP contribution in [0.1, 0.15) is 45.3 Å². The first-order valence-corrected chi connectivity index (χ1v) is 10.7. The van der Waals surface area contributed by atoms with E-state index >= 15 is 0 Å². The van der Waals surface area contributed by atoms with Gasteiger partial charge >= 0.3 is 5.97 Å². The third-order valence-electron chi connectivity index (χ3n) is 5.82. The molecule has 1 amide bonds. The minimum Gasteiger partial charge on any atom is -0.872 e. The number of ether oxygens (including phenoxy) is 1. The molecule has 1 aliphatic heterocycles. The molecule has 1 saturated heterocycles. The van der Waals surface area contributed by atoms with Crippen LogP contribution in [0, 0.1) is 19.7 Å². The fourth-order valence-electron chi connectivity index (χ4n) is 4.26. The van der Waals surface area contributed by atoms with Gasteiger partial charge in [-0.05, 0) is 42.7 Å². The van der Waals surface area contributed by atoms with Gasteiger partial charge in [0.25, 0.3) is 5.91 Å². The van der Waals surface area contributed by atoms with Crippen molar-refractivity contribution in [1.29, 1.82) is 0 Å². The zero-order valence-corrected chi connectivity index (χ0v) is 19.4. The van der Waals surface area contributed by atoms with Crippen molar-refractivity contribution in [3.05, 3.63) is 63.7 Å². The largest absolute Gasteiger partial charge is 0.872 e. The van der Waals surface area contributed by atoms with Crippen LogP contribution >= 0.6 is 0 Å². The number of methoxy groups -OCH3 is 1. The fraction of sp³-hybridized carbons (Fsp3) is 0.375. The van der Waals surface area contributed by atoms with Crippen LogP contribution < -0.4 is 10.0 Å². The number of likely N-dealkylation sites (tertiary alicyclic amines) is 1. The highest BCUT2D eigenvalue weighted by Crippen LogP contribution is 2.40. The third-order valence-corrected chi connectivity index (χ3v) is 5.82. The number of nitrogens with zero attached hydrogens (tertiary/aromatic N) is 1. The van der Waals surface area contributed by atoms with Crippen molar-refractivity contribution in [2.75, 3.05) is 34.3 Å². The molecule has 2 N–H and O–H groups in total. The zero-order chi connectivity index (χ0) is 24.4. The van der Waals surface area contributed by atoms with Crippen molar-refractivity contribution in [1.82, 2.24) is 9.88 Å². The van der Waals surface area contributed by atoms with Gasteiger partial charge in [0.1, 0.15) is 11.5 Å². The molecule has 0 bridgehead atoms. The Morgan fingerprint density at radius 2 is 1.97 bits per heavy atom. The van der Waals surface area contributed by atoms with E-state index < -0.39 is 35.3 Å². The van der Waals surface area contributed by atoms with E-state index in [9.17, 15) is 23.9 Å². The predicted molar refractivity (Wildman–Crippen MR) is 117 cm³/mol. The monoisotopic (exact) mass is 457 g/mol. The molecule has 8 nitrogen and oxygen atoms in total. The van der Waals surface area contributed by atoms with E-state index in [1.165, 1.54) is 35.1 Å². The molecule has 1 fully saturated rings. The lowest BCUT2D eigenvalue weighted by Gasteiger charge is -2.28. The number of H-pyrrole nitrogens is 1. The standard InChI is InChI=1S/C24H28FN3O5/c1-13-17(14(2)26-19(13)24(32)33-5)21(29)18-20(15-8-6-9-16(25)12-15)28(23(31)22(18)30)11-7-10-27(3)4/h6,8-9,12,20,26,29H,7,10-11H2,1-5H3. The maximum atomic E-state index is 14.1. The molecular weight excluding hydrogens is 429 g/mol. The number of hydrogen-bond acceptors (Lipinski definition) is 5. The van der Waals surface area contributed by atoms with Gasteiger partial charge in [-0.2, -0.15) is 0 Å². The molecule has 1 aliphatic rings. The van der Waals surface area contributed by atoms with E-state index in [0.29, 0.717) is 23.2 Å². The smallest absolute Gasteiger partial charge is 0.354 e. The minimum absolute atomic E-state index is 0.101. The van der Waals surface area contributed by atoms with Gasteiger partial charge in [-0.1, -0.05) is 17.9 Å². The number of rotatable bonds is 7. The van der Waals surface area contributed by atoms with E-state index in [0.717, 1.165) is 6.54 Å². The topological polar surface area (TPSA) is 107 Å².